The predicted octanol–water partition coefficient (Wildman–Crippen LogP) is 1.64. The van der Waals surface area contributed by atoms with E-state index in [2.05, 4.69) is 4.74 Å². The van der Waals surface area contributed by atoms with Gasteiger partial charge in [0.1, 0.15) is 5.56 Å². The number of methoxy groups -OCH3 is 1. The number of carbonyl (C=O) groups excluding carboxylic acids is 2. The molecular formula is C15H14NO3+. The van der Waals surface area contributed by atoms with E-state index in [1.165, 1.54) is 7.11 Å². The monoisotopic (exact) mass is 256 g/mol. The van der Waals surface area contributed by atoms with Crippen molar-refractivity contribution in [3.05, 3.63) is 66.0 Å². The average Bonchev–Trinajstić information content (AvgIpc) is 2.47. The number of ether oxygens (including phenoxy) is 1. The Balaban J connectivity index is 2.16. The molecule has 19 heavy (non-hydrogen) atoms. The predicted molar refractivity (Wildman–Crippen MR) is 68.7 cm³/mol. The van der Waals surface area contributed by atoms with Crippen molar-refractivity contribution in [2.45, 2.75) is 6.54 Å². The number of pyridine rings is 1. The first-order valence-corrected chi connectivity index (χ1v) is 5.86. The zero-order valence-corrected chi connectivity index (χ0v) is 10.6. The van der Waals surface area contributed by atoms with E-state index in [1.54, 1.807) is 41.2 Å². The van der Waals surface area contributed by atoms with Crippen LogP contribution in [0.4, 0.5) is 0 Å². The Labute approximate surface area is 111 Å². The molecule has 4 nitrogen and oxygen atoms in total. The van der Waals surface area contributed by atoms with Crippen LogP contribution in [0.2, 0.25) is 0 Å². The molecule has 2 aromatic rings. The van der Waals surface area contributed by atoms with Gasteiger partial charge in [-0.1, -0.05) is 30.3 Å². The summed E-state index contributed by atoms with van der Waals surface area (Å²) in [5.74, 6) is -0.422. The van der Waals surface area contributed by atoms with Crippen LogP contribution in [0.1, 0.15) is 20.7 Å². The second kappa shape index (κ2) is 5.91. The number of nitrogens with zero attached hydrogens (tertiary/aromatic N) is 1. The van der Waals surface area contributed by atoms with E-state index < -0.39 is 5.97 Å². The lowest BCUT2D eigenvalue weighted by atomic mass is 10.1. The molecule has 0 spiro atoms. The van der Waals surface area contributed by atoms with Crippen molar-refractivity contribution in [3.63, 3.8) is 0 Å². The van der Waals surface area contributed by atoms with Crippen LogP contribution in [0, 0.1) is 0 Å². The Morgan fingerprint density at radius 1 is 1.05 bits per heavy atom. The Bertz CT molecular complexity index is 593. The Hall–Kier alpha value is -2.49. The number of benzene rings is 1. The normalized spacial score (nSPS) is 9.95. The van der Waals surface area contributed by atoms with Gasteiger partial charge in [0.15, 0.2) is 12.4 Å². The van der Waals surface area contributed by atoms with Gasteiger partial charge in [-0.2, -0.15) is 4.57 Å². The summed E-state index contributed by atoms with van der Waals surface area (Å²) in [4.78, 5) is 23.4. The van der Waals surface area contributed by atoms with Gasteiger partial charge in [0.2, 0.25) is 12.3 Å². The highest BCUT2D eigenvalue weighted by atomic mass is 16.5. The van der Waals surface area contributed by atoms with Crippen LogP contribution in [-0.2, 0) is 11.3 Å². The van der Waals surface area contributed by atoms with E-state index in [0.717, 1.165) is 0 Å². The van der Waals surface area contributed by atoms with Crippen LogP contribution < -0.4 is 4.57 Å². The Kier molecular flexibility index (Phi) is 4.03. The molecule has 0 aliphatic carbocycles. The van der Waals surface area contributed by atoms with E-state index in [1.807, 2.05) is 18.2 Å². The molecule has 1 aromatic carbocycles. The molecule has 96 valence electrons. The molecule has 0 unspecified atom stereocenters. The minimum atomic E-state index is -0.415. The topological polar surface area (TPSA) is 47.2 Å². The van der Waals surface area contributed by atoms with Crippen molar-refractivity contribution in [2.24, 2.45) is 0 Å². The highest BCUT2D eigenvalue weighted by Crippen LogP contribution is 2.01. The maximum absolute atomic E-state index is 12.0. The summed E-state index contributed by atoms with van der Waals surface area (Å²) < 4.78 is 6.31. The number of hydrogen-bond donors (Lipinski definition) is 0. The van der Waals surface area contributed by atoms with Crippen molar-refractivity contribution in [1.29, 1.82) is 0 Å². The van der Waals surface area contributed by atoms with Gasteiger partial charge in [0.25, 0.3) is 0 Å². The van der Waals surface area contributed by atoms with Gasteiger partial charge >= 0.3 is 5.97 Å². The van der Waals surface area contributed by atoms with Crippen molar-refractivity contribution >= 4 is 11.8 Å². The summed E-state index contributed by atoms with van der Waals surface area (Å²) in [5.41, 5.74) is 1.07. The summed E-state index contributed by atoms with van der Waals surface area (Å²) in [5, 5.41) is 0. The van der Waals surface area contributed by atoms with Crippen LogP contribution in [0.5, 0.6) is 0 Å². The largest absolute Gasteiger partial charge is 0.465 e. The maximum Gasteiger partial charge on any atom is 0.343 e. The molecule has 0 radical (unpaired) electrons. The number of aromatic nitrogens is 1. The molecule has 1 heterocycles. The van der Waals surface area contributed by atoms with Gasteiger partial charge in [-0.25, -0.2) is 4.79 Å². The minimum absolute atomic E-state index is 0.00684. The smallest absolute Gasteiger partial charge is 0.343 e. The van der Waals surface area contributed by atoms with Gasteiger partial charge in [0, 0.05) is 11.6 Å². The van der Waals surface area contributed by atoms with E-state index in [9.17, 15) is 9.59 Å². The number of esters is 1. The lowest BCUT2D eigenvalue weighted by molar-refractivity contribution is -0.683. The number of rotatable bonds is 4. The van der Waals surface area contributed by atoms with E-state index in [0.29, 0.717) is 11.1 Å². The summed E-state index contributed by atoms with van der Waals surface area (Å²) in [6.45, 7) is 0.189. The second-order valence-corrected chi connectivity index (χ2v) is 4.05. The standard InChI is InChI=1S/C15H14NO3/c1-19-15(18)13-8-5-9-16(10-13)11-14(17)12-6-3-2-4-7-12/h2-10H,11H2,1H3/q+1. The number of hydrogen-bond acceptors (Lipinski definition) is 3. The van der Waals surface area contributed by atoms with Crippen LogP contribution in [0.25, 0.3) is 0 Å². The highest BCUT2D eigenvalue weighted by molar-refractivity contribution is 5.95. The molecule has 2 rings (SSSR count). The summed E-state index contributed by atoms with van der Waals surface area (Å²) in [6, 6.07) is 12.4. The van der Waals surface area contributed by atoms with Crippen LogP contribution in [0.3, 0.4) is 0 Å². The number of ketones is 1. The fraction of sp³-hybridized carbons (Fsp3) is 0.133. The van der Waals surface area contributed by atoms with Gasteiger partial charge in [-0.05, 0) is 6.07 Å². The van der Waals surface area contributed by atoms with Crippen molar-refractivity contribution < 1.29 is 18.9 Å². The lowest BCUT2D eigenvalue weighted by Crippen LogP contribution is -2.38. The average molecular weight is 256 g/mol. The van der Waals surface area contributed by atoms with Gasteiger partial charge in [0.05, 0.1) is 7.11 Å². The maximum atomic E-state index is 12.0. The number of Topliss-reactive ketones (excluding diaryl/α,β-unsaturated/α-hetero) is 1. The molecule has 0 amide bonds. The first-order chi connectivity index (χ1) is 9.20. The third-order valence-corrected chi connectivity index (χ3v) is 2.70. The lowest BCUT2D eigenvalue weighted by Gasteiger charge is -2.00. The third-order valence-electron chi connectivity index (χ3n) is 2.70. The van der Waals surface area contributed by atoms with Crippen LogP contribution in [0.15, 0.2) is 54.9 Å². The second-order valence-electron chi connectivity index (χ2n) is 4.05. The zero-order valence-electron chi connectivity index (χ0n) is 10.6. The number of carbonyl (C=O) groups is 2. The van der Waals surface area contributed by atoms with Crippen LogP contribution in [-0.4, -0.2) is 18.9 Å². The van der Waals surface area contributed by atoms with Gasteiger partial charge in [-0.3, -0.25) is 4.79 Å². The first kappa shape index (κ1) is 13.0. The Morgan fingerprint density at radius 2 is 1.74 bits per heavy atom. The van der Waals surface area contributed by atoms with Gasteiger partial charge < -0.3 is 4.74 Å². The minimum Gasteiger partial charge on any atom is -0.465 e. The van der Waals surface area contributed by atoms with Crippen LogP contribution >= 0.6 is 0 Å². The fourth-order valence-corrected chi connectivity index (χ4v) is 1.74. The molecule has 0 N–H and O–H groups in total. The third kappa shape index (κ3) is 3.25. The molecule has 1 aromatic heterocycles. The molecule has 0 saturated carbocycles. The van der Waals surface area contributed by atoms with Crippen molar-refractivity contribution in [3.8, 4) is 0 Å². The quantitative estimate of drug-likeness (QED) is 0.474. The summed E-state index contributed by atoms with van der Waals surface area (Å²) in [6.07, 6.45) is 3.35. The zero-order chi connectivity index (χ0) is 13.7. The molecular weight excluding hydrogens is 242 g/mol. The van der Waals surface area contributed by atoms with Crippen molar-refractivity contribution in [2.75, 3.05) is 7.11 Å². The highest BCUT2D eigenvalue weighted by Gasteiger charge is 2.14. The van der Waals surface area contributed by atoms with Crippen molar-refractivity contribution in [1.82, 2.24) is 0 Å². The molecule has 0 fully saturated rings. The molecule has 0 atom stereocenters. The summed E-state index contributed by atoms with van der Waals surface area (Å²) in [7, 11) is 1.33. The van der Waals surface area contributed by atoms with E-state index in [-0.39, 0.29) is 12.3 Å². The van der Waals surface area contributed by atoms with E-state index in [4.69, 9.17) is 0 Å². The molecule has 0 aliphatic rings. The molecule has 0 bridgehead atoms. The van der Waals surface area contributed by atoms with E-state index >= 15 is 0 Å². The summed E-state index contributed by atoms with van der Waals surface area (Å²) >= 11 is 0. The molecule has 4 heteroatoms. The fourth-order valence-electron chi connectivity index (χ4n) is 1.74. The first-order valence-electron chi connectivity index (χ1n) is 5.86. The molecule has 0 aliphatic heterocycles. The van der Waals surface area contributed by atoms with Gasteiger partial charge in [-0.15, -0.1) is 0 Å². The SMILES string of the molecule is COC(=O)c1ccc[n+](CC(=O)c2ccccc2)c1. The molecule has 0 saturated heterocycles. The Morgan fingerprint density at radius 3 is 2.42 bits per heavy atom.